The normalized spacial score (nSPS) is 11.5. The summed E-state index contributed by atoms with van der Waals surface area (Å²) < 4.78 is 12.2. The quantitative estimate of drug-likeness (QED) is 0.231. The Labute approximate surface area is 201 Å². The van der Waals surface area contributed by atoms with Crippen molar-refractivity contribution in [3.05, 3.63) is 93.0 Å². The molecule has 0 amide bonds. The van der Waals surface area contributed by atoms with Gasteiger partial charge in [0.15, 0.2) is 0 Å². The van der Waals surface area contributed by atoms with Crippen molar-refractivity contribution in [2.24, 2.45) is 0 Å². The van der Waals surface area contributed by atoms with Gasteiger partial charge in [-0.3, -0.25) is 0 Å². The third-order valence-corrected chi connectivity index (χ3v) is 7.70. The molecule has 0 unspecified atom stereocenters. The minimum absolute atomic E-state index is 1.04. The summed E-state index contributed by atoms with van der Waals surface area (Å²) in [4.78, 5) is 0. The summed E-state index contributed by atoms with van der Waals surface area (Å²) in [5.74, 6) is 0. The Morgan fingerprint density at radius 1 is 0.324 bits per heavy atom. The van der Waals surface area contributed by atoms with Gasteiger partial charge in [0.05, 0.1) is 0 Å². The second-order valence-electron chi connectivity index (χ2n) is 9.74. The van der Waals surface area contributed by atoms with Crippen LogP contribution >= 0.6 is 0 Å². The first-order valence-electron chi connectivity index (χ1n) is 12.0. The van der Waals surface area contributed by atoms with Crippen LogP contribution in [0.4, 0.5) is 0 Å². The van der Waals surface area contributed by atoms with E-state index in [1.807, 2.05) is 0 Å². The fraction of sp³-hybridized carbons (Fsp3) is 0.250. The summed E-state index contributed by atoms with van der Waals surface area (Å²) in [7, 11) is 0. The van der Waals surface area contributed by atoms with Gasteiger partial charge in [-0.1, -0.05) is 48.5 Å². The summed E-state index contributed by atoms with van der Waals surface area (Å²) >= 11 is 0. The highest BCUT2D eigenvalue weighted by atomic mass is 16.3. The van der Waals surface area contributed by atoms with E-state index in [1.54, 1.807) is 0 Å². The van der Waals surface area contributed by atoms with E-state index in [9.17, 15) is 0 Å². The van der Waals surface area contributed by atoms with Crippen molar-refractivity contribution in [3.63, 3.8) is 0 Å². The number of furan rings is 2. The number of hydrogen-bond donors (Lipinski definition) is 0. The first kappa shape index (κ1) is 22.3. The molecule has 0 atom stereocenters. The van der Waals surface area contributed by atoms with Gasteiger partial charge in [-0.05, 0) is 99.9 Å². The third-order valence-electron chi connectivity index (χ3n) is 7.70. The molecular formula is C32H32O2. The Hall–Kier alpha value is -3.52. The Balaban J connectivity index is 0.000000142. The number of hydrogen-bond acceptors (Lipinski definition) is 2. The molecule has 4 aromatic carbocycles. The molecule has 0 spiro atoms. The smallest absolute Gasteiger partial charge is 0.138 e. The Morgan fingerprint density at radius 2 is 0.529 bits per heavy atom. The van der Waals surface area contributed by atoms with Crippen LogP contribution in [-0.4, -0.2) is 0 Å². The van der Waals surface area contributed by atoms with Crippen LogP contribution in [0.1, 0.15) is 44.5 Å². The lowest BCUT2D eigenvalue weighted by Gasteiger charge is -1.98. The highest BCUT2D eigenvalue weighted by molar-refractivity contribution is 6.08. The van der Waals surface area contributed by atoms with Crippen molar-refractivity contribution < 1.29 is 8.83 Å². The number of rotatable bonds is 0. The summed E-state index contributed by atoms with van der Waals surface area (Å²) in [6.45, 7) is 17.0. The van der Waals surface area contributed by atoms with Crippen LogP contribution < -0.4 is 0 Å². The summed E-state index contributed by atoms with van der Waals surface area (Å²) in [6.07, 6.45) is 0. The van der Waals surface area contributed by atoms with Crippen molar-refractivity contribution in [1.82, 2.24) is 0 Å². The molecule has 0 saturated carbocycles. The van der Waals surface area contributed by atoms with E-state index in [0.717, 1.165) is 22.3 Å². The second-order valence-corrected chi connectivity index (χ2v) is 9.74. The average molecular weight is 449 g/mol. The average Bonchev–Trinajstić information content (AvgIpc) is 3.39. The van der Waals surface area contributed by atoms with Gasteiger partial charge in [0.25, 0.3) is 0 Å². The van der Waals surface area contributed by atoms with Crippen molar-refractivity contribution >= 4 is 43.9 Å². The van der Waals surface area contributed by atoms with Crippen molar-refractivity contribution in [3.8, 4) is 0 Å². The first-order chi connectivity index (χ1) is 16.2. The first-order valence-corrected chi connectivity index (χ1v) is 12.0. The van der Waals surface area contributed by atoms with Crippen LogP contribution in [0, 0.1) is 55.4 Å². The molecule has 0 fully saturated rings. The molecule has 0 N–H and O–H groups in total. The van der Waals surface area contributed by atoms with Crippen LogP contribution in [0.15, 0.2) is 57.4 Å². The van der Waals surface area contributed by atoms with Crippen LogP contribution in [0.25, 0.3) is 43.9 Å². The number of aryl methyl sites for hydroxylation is 8. The standard InChI is InChI=1S/2C16H16O/c2*1-9-5-7-13-14-8-6-10(2)12(4)16(14)17-15(13)11(9)3/h2*5-8H,1-4H3. The lowest BCUT2D eigenvalue weighted by atomic mass is 10.0. The van der Waals surface area contributed by atoms with E-state index < -0.39 is 0 Å². The van der Waals surface area contributed by atoms with Gasteiger partial charge >= 0.3 is 0 Å². The summed E-state index contributed by atoms with van der Waals surface area (Å²) in [6, 6.07) is 17.3. The molecule has 0 radical (unpaired) electrons. The zero-order valence-corrected chi connectivity index (χ0v) is 21.4. The van der Waals surface area contributed by atoms with Gasteiger partial charge < -0.3 is 8.83 Å². The maximum Gasteiger partial charge on any atom is 0.138 e. The van der Waals surface area contributed by atoms with Crippen molar-refractivity contribution in [1.29, 1.82) is 0 Å². The minimum atomic E-state index is 1.04. The lowest BCUT2D eigenvalue weighted by Crippen LogP contribution is -1.80. The summed E-state index contributed by atoms with van der Waals surface area (Å²) in [5, 5.41) is 4.91. The fourth-order valence-corrected chi connectivity index (χ4v) is 4.74. The molecule has 2 nitrogen and oxygen atoms in total. The lowest BCUT2D eigenvalue weighted by molar-refractivity contribution is 0.661. The largest absolute Gasteiger partial charge is 0.455 e. The highest BCUT2D eigenvalue weighted by Crippen LogP contribution is 2.35. The maximum absolute atomic E-state index is 6.08. The monoisotopic (exact) mass is 448 g/mol. The Morgan fingerprint density at radius 3 is 0.735 bits per heavy atom. The Bertz CT molecular complexity index is 1470. The summed E-state index contributed by atoms with van der Waals surface area (Å²) in [5.41, 5.74) is 14.3. The van der Waals surface area contributed by atoms with Crippen molar-refractivity contribution in [2.75, 3.05) is 0 Å². The Kier molecular flexibility index (Phi) is 5.28. The third kappa shape index (κ3) is 3.32. The molecule has 0 aliphatic rings. The predicted molar refractivity (Wildman–Crippen MR) is 145 cm³/mol. The molecule has 0 bridgehead atoms. The van der Waals surface area contributed by atoms with Gasteiger partial charge in [-0.2, -0.15) is 0 Å². The van der Waals surface area contributed by atoms with Gasteiger partial charge in [0.2, 0.25) is 0 Å². The zero-order valence-electron chi connectivity index (χ0n) is 21.4. The van der Waals surface area contributed by atoms with Gasteiger partial charge in [-0.25, -0.2) is 0 Å². The molecule has 0 aliphatic heterocycles. The number of benzene rings is 4. The maximum atomic E-state index is 6.08. The SMILES string of the molecule is Cc1ccc2c(oc3c(C)c(C)ccc32)c1C.Cc1ccc2c(oc3c(C)c(C)ccc32)c1C. The molecular weight excluding hydrogens is 416 g/mol. The molecule has 2 heteroatoms. The molecule has 6 aromatic rings. The van der Waals surface area contributed by atoms with Crippen LogP contribution in [0.2, 0.25) is 0 Å². The molecule has 6 rings (SSSR count). The van der Waals surface area contributed by atoms with E-state index in [4.69, 9.17) is 8.83 Å². The van der Waals surface area contributed by atoms with Crippen LogP contribution in [-0.2, 0) is 0 Å². The number of fused-ring (bicyclic) bond motifs is 6. The van der Waals surface area contributed by atoms with E-state index in [-0.39, 0.29) is 0 Å². The van der Waals surface area contributed by atoms with Gasteiger partial charge in [-0.15, -0.1) is 0 Å². The molecule has 0 saturated heterocycles. The molecule has 0 aliphatic carbocycles. The second kappa shape index (κ2) is 8.06. The zero-order chi connectivity index (χ0) is 24.3. The van der Waals surface area contributed by atoms with E-state index >= 15 is 0 Å². The van der Waals surface area contributed by atoms with Crippen LogP contribution in [0.3, 0.4) is 0 Å². The topological polar surface area (TPSA) is 26.3 Å². The van der Waals surface area contributed by atoms with E-state index in [2.05, 4.69) is 104 Å². The van der Waals surface area contributed by atoms with Gasteiger partial charge in [0.1, 0.15) is 22.3 Å². The van der Waals surface area contributed by atoms with Crippen molar-refractivity contribution in [2.45, 2.75) is 55.4 Å². The van der Waals surface area contributed by atoms with E-state index in [0.29, 0.717) is 0 Å². The molecule has 34 heavy (non-hydrogen) atoms. The molecule has 2 aromatic heterocycles. The van der Waals surface area contributed by atoms with E-state index in [1.165, 1.54) is 66.1 Å². The van der Waals surface area contributed by atoms with Crippen LogP contribution in [0.5, 0.6) is 0 Å². The van der Waals surface area contributed by atoms with Gasteiger partial charge in [0, 0.05) is 21.5 Å². The fourth-order valence-electron chi connectivity index (χ4n) is 4.74. The highest BCUT2D eigenvalue weighted by Gasteiger charge is 2.13. The predicted octanol–water partition coefficient (Wildman–Crippen LogP) is 9.64. The molecule has 2 heterocycles. The molecule has 172 valence electrons. The minimum Gasteiger partial charge on any atom is -0.455 e.